The summed E-state index contributed by atoms with van der Waals surface area (Å²) in [5, 5.41) is 7.01. The lowest BCUT2D eigenvalue weighted by Gasteiger charge is -2.07. The number of aromatic nitrogens is 2. The minimum Gasteiger partial charge on any atom is -0.325 e. The van der Waals surface area contributed by atoms with E-state index in [-0.39, 0.29) is 16.5 Å². The first kappa shape index (κ1) is 18.5. The maximum atomic E-state index is 13.1. The van der Waals surface area contributed by atoms with Crippen molar-refractivity contribution < 1.29 is 4.39 Å². The fourth-order valence-corrected chi connectivity index (χ4v) is 2.76. The molecule has 3 rings (SSSR count). The van der Waals surface area contributed by atoms with Crippen LogP contribution in [0.2, 0.25) is 0 Å². The Balaban J connectivity index is 1.76. The highest BCUT2D eigenvalue weighted by molar-refractivity contribution is 7.80. The number of anilines is 1. The fourth-order valence-electron chi connectivity index (χ4n) is 2.61. The molecule has 0 aliphatic rings. The lowest BCUT2D eigenvalue weighted by molar-refractivity contribution is 0.627. The van der Waals surface area contributed by atoms with Crippen LogP contribution in [0.4, 0.5) is 10.1 Å². The van der Waals surface area contributed by atoms with Gasteiger partial charge in [-0.05, 0) is 49.0 Å². The molecule has 0 fully saturated rings. The first-order chi connectivity index (χ1) is 13.0. The Morgan fingerprint density at radius 2 is 1.93 bits per heavy atom. The van der Waals surface area contributed by atoms with Gasteiger partial charge >= 0.3 is 0 Å². The largest absolute Gasteiger partial charge is 0.325 e. The molecule has 8 heteroatoms. The van der Waals surface area contributed by atoms with E-state index in [0.717, 1.165) is 11.4 Å². The van der Waals surface area contributed by atoms with Crippen molar-refractivity contribution in [1.29, 1.82) is 0 Å². The summed E-state index contributed by atoms with van der Waals surface area (Å²) in [5.41, 5.74) is 4.84. The molecule has 0 radical (unpaired) electrons. The molecule has 0 saturated carbocycles. The molecule has 0 unspecified atom stereocenters. The summed E-state index contributed by atoms with van der Waals surface area (Å²) in [6, 6.07) is 15.3. The topological polar surface area (TPSA) is 63.4 Å². The van der Waals surface area contributed by atoms with Gasteiger partial charge in [-0.1, -0.05) is 30.3 Å². The van der Waals surface area contributed by atoms with Crippen molar-refractivity contribution in [2.45, 2.75) is 6.92 Å². The number of rotatable bonds is 4. The molecule has 0 atom stereocenters. The number of benzene rings is 2. The summed E-state index contributed by atoms with van der Waals surface area (Å²) in [6.45, 7) is 1.82. The summed E-state index contributed by atoms with van der Waals surface area (Å²) in [7, 11) is 1.80. The highest BCUT2D eigenvalue weighted by Crippen LogP contribution is 2.13. The highest BCUT2D eigenvalue weighted by Gasteiger charge is 2.16. The molecule has 0 saturated heterocycles. The highest BCUT2D eigenvalue weighted by atomic mass is 32.1. The van der Waals surface area contributed by atoms with Crippen LogP contribution >= 0.6 is 12.2 Å². The molecule has 0 amide bonds. The summed E-state index contributed by atoms with van der Waals surface area (Å²) >= 11 is 5.20. The van der Waals surface area contributed by atoms with E-state index in [9.17, 15) is 9.18 Å². The smallest absolute Gasteiger partial charge is 0.295 e. The molecule has 1 heterocycles. The lowest BCUT2D eigenvalue weighted by atomic mass is 10.2. The van der Waals surface area contributed by atoms with Crippen LogP contribution < -0.4 is 16.3 Å². The third-order valence-corrected chi connectivity index (χ3v) is 4.21. The normalized spacial score (nSPS) is 10.9. The Kier molecular flexibility index (Phi) is 5.46. The summed E-state index contributed by atoms with van der Waals surface area (Å²) in [4.78, 5) is 12.8. The molecular weight excluding hydrogens is 365 g/mol. The minimum atomic E-state index is -0.346. The van der Waals surface area contributed by atoms with Crippen molar-refractivity contribution in [3.8, 4) is 5.69 Å². The molecule has 27 heavy (non-hydrogen) atoms. The average molecular weight is 383 g/mol. The van der Waals surface area contributed by atoms with Crippen LogP contribution in [-0.4, -0.2) is 20.7 Å². The van der Waals surface area contributed by atoms with Gasteiger partial charge in [-0.2, -0.15) is 5.10 Å². The van der Waals surface area contributed by atoms with E-state index in [0.29, 0.717) is 11.3 Å². The maximum Gasteiger partial charge on any atom is 0.295 e. The Labute approximate surface area is 160 Å². The van der Waals surface area contributed by atoms with Gasteiger partial charge in [0.15, 0.2) is 5.11 Å². The van der Waals surface area contributed by atoms with Crippen LogP contribution in [0.25, 0.3) is 5.69 Å². The van der Waals surface area contributed by atoms with Gasteiger partial charge in [-0.15, -0.1) is 0 Å². The monoisotopic (exact) mass is 383 g/mol. The van der Waals surface area contributed by atoms with E-state index in [2.05, 4.69) is 15.8 Å². The Bertz CT molecular complexity index is 1060. The molecule has 138 valence electrons. The SMILES string of the molecule is Cc1c(NC(=S)N/N=C\c2cccc(F)c2)c(=O)n(-c2ccccc2)n1C. The molecule has 2 aromatic carbocycles. The van der Waals surface area contributed by atoms with E-state index in [4.69, 9.17) is 12.2 Å². The lowest BCUT2D eigenvalue weighted by Crippen LogP contribution is -2.28. The molecule has 2 N–H and O–H groups in total. The van der Waals surface area contributed by atoms with E-state index in [1.165, 1.54) is 18.3 Å². The van der Waals surface area contributed by atoms with Gasteiger partial charge in [0.1, 0.15) is 11.5 Å². The van der Waals surface area contributed by atoms with Crippen LogP contribution in [0.1, 0.15) is 11.3 Å². The molecular formula is C19H18FN5OS. The number of hydrazone groups is 1. The van der Waals surface area contributed by atoms with Crippen molar-refractivity contribution in [2.75, 3.05) is 5.32 Å². The second-order valence-electron chi connectivity index (χ2n) is 5.82. The second-order valence-corrected chi connectivity index (χ2v) is 6.22. The molecule has 0 aliphatic heterocycles. The van der Waals surface area contributed by atoms with Gasteiger partial charge < -0.3 is 5.32 Å². The Hall–Kier alpha value is -3.26. The number of nitrogens with zero attached hydrogens (tertiary/aromatic N) is 3. The quantitative estimate of drug-likeness (QED) is 0.413. The van der Waals surface area contributed by atoms with Gasteiger partial charge in [-0.3, -0.25) is 14.9 Å². The third-order valence-electron chi connectivity index (χ3n) is 4.02. The number of para-hydroxylation sites is 1. The van der Waals surface area contributed by atoms with Crippen molar-refractivity contribution >= 4 is 29.2 Å². The third kappa shape index (κ3) is 4.12. The summed E-state index contributed by atoms with van der Waals surface area (Å²) in [6.07, 6.45) is 1.44. The zero-order valence-electron chi connectivity index (χ0n) is 14.8. The molecule has 0 aliphatic carbocycles. The molecule has 1 aromatic heterocycles. The van der Waals surface area contributed by atoms with Gasteiger partial charge in [0.05, 0.1) is 17.6 Å². The van der Waals surface area contributed by atoms with E-state index in [1.807, 2.05) is 37.3 Å². The van der Waals surface area contributed by atoms with Crippen LogP contribution in [0.15, 0.2) is 64.5 Å². The summed E-state index contributed by atoms with van der Waals surface area (Å²) in [5.74, 6) is -0.346. The number of thiocarbonyl (C=S) groups is 1. The van der Waals surface area contributed by atoms with Gasteiger partial charge in [0.2, 0.25) is 0 Å². The average Bonchev–Trinajstić information content (AvgIpc) is 2.86. The summed E-state index contributed by atoms with van der Waals surface area (Å²) < 4.78 is 16.5. The number of hydrogen-bond donors (Lipinski definition) is 2. The Morgan fingerprint density at radius 1 is 1.19 bits per heavy atom. The first-order valence-electron chi connectivity index (χ1n) is 8.17. The predicted molar refractivity (Wildman–Crippen MR) is 109 cm³/mol. The molecule has 0 spiro atoms. The number of hydrogen-bond acceptors (Lipinski definition) is 3. The fraction of sp³-hybridized carbons (Fsp3) is 0.105. The van der Waals surface area contributed by atoms with Gasteiger partial charge in [0.25, 0.3) is 5.56 Å². The van der Waals surface area contributed by atoms with E-state index >= 15 is 0 Å². The molecule has 3 aromatic rings. The zero-order valence-corrected chi connectivity index (χ0v) is 15.6. The maximum absolute atomic E-state index is 13.1. The zero-order chi connectivity index (χ0) is 19.4. The van der Waals surface area contributed by atoms with Crippen LogP contribution in [-0.2, 0) is 7.05 Å². The minimum absolute atomic E-state index is 0.161. The van der Waals surface area contributed by atoms with E-state index < -0.39 is 0 Å². The van der Waals surface area contributed by atoms with Crippen molar-refractivity contribution in [1.82, 2.24) is 14.8 Å². The van der Waals surface area contributed by atoms with Crippen LogP contribution in [0, 0.1) is 12.7 Å². The number of halogens is 1. The van der Waals surface area contributed by atoms with Crippen molar-refractivity contribution in [2.24, 2.45) is 12.1 Å². The molecule has 6 nitrogen and oxygen atoms in total. The van der Waals surface area contributed by atoms with Crippen LogP contribution in [0.5, 0.6) is 0 Å². The second kappa shape index (κ2) is 7.96. The van der Waals surface area contributed by atoms with Crippen molar-refractivity contribution in [3.63, 3.8) is 0 Å². The standard InChI is InChI=1S/C19H18FN5OS/c1-13-17(18(26)25(24(13)2)16-9-4-3-5-10-16)22-19(27)23-21-12-14-7-6-8-15(20)11-14/h3-12H,1-2H3,(H2,22,23,27)/b21-12-. The van der Waals surface area contributed by atoms with Gasteiger partial charge in [0, 0.05) is 7.05 Å². The predicted octanol–water partition coefficient (Wildman–Crippen LogP) is 2.94. The molecule has 0 bridgehead atoms. The first-order valence-corrected chi connectivity index (χ1v) is 8.58. The van der Waals surface area contributed by atoms with Crippen LogP contribution in [0.3, 0.4) is 0 Å². The van der Waals surface area contributed by atoms with Gasteiger partial charge in [-0.25, -0.2) is 9.07 Å². The number of nitrogens with one attached hydrogen (secondary N) is 2. The van der Waals surface area contributed by atoms with Crippen molar-refractivity contribution in [3.05, 3.63) is 82.0 Å². The van der Waals surface area contributed by atoms with E-state index in [1.54, 1.807) is 28.5 Å². The Morgan fingerprint density at radius 3 is 2.63 bits per heavy atom.